The molecule has 1 aliphatic carbocycles. The van der Waals surface area contributed by atoms with Crippen molar-refractivity contribution in [3.05, 3.63) is 47.7 Å². The van der Waals surface area contributed by atoms with Gasteiger partial charge in [0.05, 0.1) is 28.4 Å². The van der Waals surface area contributed by atoms with E-state index in [0.717, 1.165) is 18.4 Å². The lowest BCUT2D eigenvalue weighted by Crippen LogP contribution is -2.35. The van der Waals surface area contributed by atoms with E-state index in [-0.39, 0.29) is 11.8 Å². The van der Waals surface area contributed by atoms with Crippen molar-refractivity contribution in [3.63, 3.8) is 0 Å². The van der Waals surface area contributed by atoms with Crippen molar-refractivity contribution in [3.8, 4) is 17.3 Å². The molecule has 6 nitrogen and oxygen atoms in total. The maximum absolute atomic E-state index is 12.8. The minimum atomic E-state index is -0.462. The Balaban J connectivity index is 1.79. The molecule has 0 unspecified atom stereocenters. The number of aromatic nitrogens is 2. The topological polar surface area (TPSA) is 91.8 Å². The zero-order valence-electron chi connectivity index (χ0n) is 13.7. The summed E-state index contributed by atoms with van der Waals surface area (Å²) in [5, 5.41) is 16.6. The Labute approximate surface area is 144 Å². The van der Waals surface area contributed by atoms with E-state index >= 15 is 0 Å². The Morgan fingerprint density at radius 1 is 1.36 bits per heavy atom. The van der Waals surface area contributed by atoms with E-state index in [1.807, 2.05) is 30.3 Å². The smallest absolute Gasteiger partial charge is 0.259 e. The number of benzene rings is 1. The molecule has 124 valence electrons. The number of amides is 1. The molecule has 6 heteroatoms. The minimum absolute atomic E-state index is 0.253. The SMILES string of the molecule is Cc1noc2nc(-c3ccccc3)cc(C(=O)N[C@H](C#N)C3CC3)c12. The number of pyridine rings is 1. The van der Waals surface area contributed by atoms with E-state index < -0.39 is 6.04 Å². The molecule has 1 amide bonds. The summed E-state index contributed by atoms with van der Waals surface area (Å²) in [6.45, 7) is 1.77. The first-order valence-electron chi connectivity index (χ1n) is 8.20. The summed E-state index contributed by atoms with van der Waals surface area (Å²) in [5.41, 5.74) is 2.88. The van der Waals surface area contributed by atoms with Gasteiger partial charge in [0.25, 0.3) is 11.6 Å². The predicted octanol–water partition coefficient (Wildman–Crippen LogP) is 3.23. The summed E-state index contributed by atoms with van der Waals surface area (Å²) in [6, 6.07) is 13.0. The van der Waals surface area contributed by atoms with Gasteiger partial charge < -0.3 is 9.84 Å². The maximum atomic E-state index is 12.8. The third-order valence-electron chi connectivity index (χ3n) is 4.45. The lowest BCUT2D eigenvalue weighted by molar-refractivity contribution is 0.0943. The van der Waals surface area contributed by atoms with Crippen molar-refractivity contribution < 1.29 is 9.32 Å². The average Bonchev–Trinajstić information content (AvgIpc) is 3.42. The van der Waals surface area contributed by atoms with E-state index in [1.165, 1.54) is 0 Å². The van der Waals surface area contributed by atoms with Gasteiger partial charge in [0.15, 0.2) is 0 Å². The number of hydrogen-bond donors (Lipinski definition) is 1. The molecule has 0 bridgehead atoms. The molecular formula is C19H16N4O2. The maximum Gasteiger partial charge on any atom is 0.259 e. The van der Waals surface area contributed by atoms with Crippen LogP contribution in [-0.4, -0.2) is 22.1 Å². The molecule has 0 aliphatic heterocycles. The molecular weight excluding hydrogens is 316 g/mol. The molecule has 3 aromatic rings. The molecule has 1 aromatic carbocycles. The molecule has 1 fully saturated rings. The van der Waals surface area contributed by atoms with Gasteiger partial charge in [0.2, 0.25) is 0 Å². The number of carbonyl (C=O) groups excluding carboxylic acids is 1. The largest absolute Gasteiger partial charge is 0.336 e. The van der Waals surface area contributed by atoms with Gasteiger partial charge in [0, 0.05) is 5.56 Å². The van der Waals surface area contributed by atoms with Crippen molar-refractivity contribution in [2.45, 2.75) is 25.8 Å². The second-order valence-electron chi connectivity index (χ2n) is 6.29. The van der Waals surface area contributed by atoms with Crippen LogP contribution in [0.25, 0.3) is 22.4 Å². The third kappa shape index (κ3) is 2.85. The van der Waals surface area contributed by atoms with Crippen molar-refractivity contribution in [1.82, 2.24) is 15.5 Å². The minimum Gasteiger partial charge on any atom is -0.336 e. The van der Waals surface area contributed by atoms with Gasteiger partial charge in [-0.3, -0.25) is 4.79 Å². The predicted molar refractivity (Wildman–Crippen MR) is 91.6 cm³/mol. The van der Waals surface area contributed by atoms with Gasteiger partial charge in [-0.1, -0.05) is 35.5 Å². The van der Waals surface area contributed by atoms with Crippen LogP contribution in [0, 0.1) is 24.2 Å². The fourth-order valence-corrected chi connectivity index (χ4v) is 2.93. The monoisotopic (exact) mass is 332 g/mol. The van der Waals surface area contributed by atoms with Crippen LogP contribution in [0.1, 0.15) is 28.9 Å². The Bertz CT molecular complexity index is 984. The zero-order chi connectivity index (χ0) is 17.4. The molecule has 1 atom stereocenters. The van der Waals surface area contributed by atoms with Crippen molar-refractivity contribution >= 4 is 17.0 Å². The van der Waals surface area contributed by atoms with Gasteiger partial charge in [-0.15, -0.1) is 0 Å². The number of nitrogens with one attached hydrogen (secondary N) is 1. The summed E-state index contributed by atoms with van der Waals surface area (Å²) in [5.74, 6) is -0.0437. The number of aryl methyl sites for hydroxylation is 1. The first-order chi connectivity index (χ1) is 12.2. The molecule has 1 saturated carbocycles. The summed E-state index contributed by atoms with van der Waals surface area (Å²) < 4.78 is 5.29. The first-order valence-corrected chi connectivity index (χ1v) is 8.20. The number of carbonyl (C=O) groups is 1. The summed E-state index contributed by atoms with van der Waals surface area (Å²) in [7, 11) is 0. The van der Waals surface area contributed by atoms with Gasteiger partial charge >= 0.3 is 0 Å². The number of nitrogens with zero attached hydrogens (tertiary/aromatic N) is 3. The van der Waals surface area contributed by atoms with Crippen LogP contribution in [-0.2, 0) is 0 Å². The quantitative estimate of drug-likeness (QED) is 0.792. The zero-order valence-corrected chi connectivity index (χ0v) is 13.7. The summed E-state index contributed by atoms with van der Waals surface area (Å²) in [6.07, 6.45) is 1.96. The molecule has 1 aliphatic rings. The van der Waals surface area contributed by atoms with Crippen LogP contribution in [0.5, 0.6) is 0 Å². The molecule has 2 heterocycles. The van der Waals surface area contributed by atoms with Crippen LogP contribution in [0.4, 0.5) is 0 Å². The van der Waals surface area contributed by atoms with Gasteiger partial charge in [-0.2, -0.15) is 5.26 Å². The number of fused-ring (bicyclic) bond motifs is 1. The van der Waals surface area contributed by atoms with E-state index in [9.17, 15) is 10.1 Å². The molecule has 1 N–H and O–H groups in total. The van der Waals surface area contributed by atoms with Gasteiger partial charge in [-0.05, 0) is 31.7 Å². The second kappa shape index (κ2) is 6.02. The molecule has 4 rings (SSSR count). The fraction of sp³-hybridized carbons (Fsp3) is 0.263. The van der Waals surface area contributed by atoms with Crippen LogP contribution < -0.4 is 5.32 Å². The average molecular weight is 332 g/mol. The number of hydrogen-bond acceptors (Lipinski definition) is 5. The van der Waals surface area contributed by atoms with E-state index in [4.69, 9.17) is 4.52 Å². The molecule has 0 radical (unpaired) electrons. The molecule has 0 spiro atoms. The second-order valence-corrected chi connectivity index (χ2v) is 6.29. The standard InChI is InChI=1S/C19H16N4O2/c1-11-17-14(18(24)21-16(10-20)13-7-8-13)9-15(22-19(17)25-23-11)12-5-3-2-4-6-12/h2-6,9,13,16H,7-8H2,1H3,(H,21,24)/t16-/m1/s1. The number of nitriles is 1. The summed E-state index contributed by atoms with van der Waals surface area (Å²) in [4.78, 5) is 17.3. The highest BCUT2D eigenvalue weighted by Crippen LogP contribution is 2.33. The van der Waals surface area contributed by atoms with Crippen LogP contribution in [0.3, 0.4) is 0 Å². The van der Waals surface area contributed by atoms with Crippen molar-refractivity contribution in [2.75, 3.05) is 0 Å². The highest BCUT2D eigenvalue weighted by Gasteiger charge is 2.33. The molecule has 25 heavy (non-hydrogen) atoms. The summed E-state index contributed by atoms with van der Waals surface area (Å²) >= 11 is 0. The Hall–Kier alpha value is -3.20. The molecule has 2 aromatic heterocycles. The normalized spacial score (nSPS) is 14.9. The van der Waals surface area contributed by atoms with Crippen molar-refractivity contribution in [1.29, 1.82) is 5.26 Å². The highest BCUT2D eigenvalue weighted by atomic mass is 16.5. The van der Waals surface area contributed by atoms with Crippen LogP contribution >= 0.6 is 0 Å². The highest BCUT2D eigenvalue weighted by molar-refractivity contribution is 6.07. The van der Waals surface area contributed by atoms with Crippen LogP contribution in [0.15, 0.2) is 40.9 Å². The lowest BCUT2D eigenvalue weighted by atomic mass is 10.0. The Morgan fingerprint density at radius 2 is 2.12 bits per heavy atom. The molecule has 0 saturated heterocycles. The first kappa shape index (κ1) is 15.3. The Kier molecular flexibility index (Phi) is 3.69. The van der Waals surface area contributed by atoms with E-state index in [2.05, 4.69) is 21.5 Å². The van der Waals surface area contributed by atoms with Crippen LogP contribution in [0.2, 0.25) is 0 Å². The lowest BCUT2D eigenvalue weighted by Gasteiger charge is -2.12. The fourth-order valence-electron chi connectivity index (χ4n) is 2.93. The Morgan fingerprint density at radius 3 is 2.80 bits per heavy atom. The third-order valence-corrected chi connectivity index (χ3v) is 4.45. The van der Waals surface area contributed by atoms with Crippen molar-refractivity contribution in [2.24, 2.45) is 5.92 Å². The van der Waals surface area contributed by atoms with Gasteiger partial charge in [0.1, 0.15) is 6.04 Å². The van der Waals surface area contributed by atoms with E-state index in [0.29, 0.717) is 28.1 Å². The van der Waals surface area contributed by atoms with E-state index in [1.54, 1.807) is 13.0 Å². The van der Waals surface area contributed by atoms with Gasteiger partial charge in [-0.25, -0.2) is 4.98 Å². The number of rotatable bonds is 4.